The normalized spacial score (nSPS) is 10.4. The lowest BCUT2D eigenvalue weighted by atomic mass is 10.2. The maximum absolute atomic E-state index is 13.6. The molecule has 3 aromatic rings. The molecule has 24 heavy (non-hydrogen) atoms. The highest BCUT2D eigenvalue weighted by atomic mass is 32.1. The van der Waals surface area contributed by atoms with Gasteiger partial charge in [-0.1, -0.05) is 18.2 Å². The molecule has 1 aromatic heterocycles. The third-order valence-electron chi connectivity index (χ3n) is 3.34. The molecule has 0 saturated carbocycles. The summed E-state index contributed by atoms with van der Waals surface area (Å²) in [6.45, 7) is 2.14. The average Bonchev–Trinajstić information content (AvgIpc) is 3.00. The quantitative estimate of drug-likeness (QED) is 0.765. The highest BCUT2D eigenvalue weighted by molar-refractivity contribution is 6.99. The first-order valence-electron chi connectivity index (χ1n) is 7.20. The van der Waals surface area contributed by atoms with Crippen LogP contribution in [-0.2, 0) is 6.61 Å². The van der Waals surface area contributed by atoms with Crippen molar-refractivity contribution in [2.75, 3.05) is 5.32 Å². The van der Waals surface area contributed by atoms with Gasteiger partial charge in [0, 0.05) is 5.56 Å². The highest BCUT2D eigenvalue weighted by Crippen LogP contribution is 2.18. The molecule has 3 rings (SSSR count). The van der Waals surface area contributed by atoms with E-state index in [1.54, 1.807) is 36.4 Å². The smallest absolute Gasteiger partial charge is 0.255 e. The van der Waals surface area contributed by atoms with Gasteiger partial charge in [0.2, 0.25) is 0 Å². The number of benzene rings is 2. The largest absolute Gasteiger partial charge is 0.487 e. The predicted octanol–water partition coefficient (Wildman–Crippen LogP) is 3.82. The van der Waals surface area contributed by atoms with Gasteiger partial charge in [0.25, 0.3) is 5.91 Å². The van der Waals surface area contributed by atoms with Crippen LogP contribution in [-0.4, -0.2) is 14.7 Å². The summed E-state index contributed by atoms with van der Waals surface area (Å²) in [5.74, 6) is -0.356. The molecule has 0 saturated heterocycles. The van der Waals surface area contributed by atoms with Crippen LogP contribution in [0.5, 0.6) is 5.75 Å². The van der Waals surface area contributed by atoms with E-state index in [1.165, 1.54) is 12.1 Å². The summed E-state index contributed by atoms with van der Waals surface area (Å²) >= 11 is 1.13. The van der Waals surface area contributed by atoms with Gasteiger partial charge in [0.1, 0.15) is 23.9 Å². The first-order chi connectivity index (χ1) is 11.6. The lowest BCUT2D eigenvalue weighted by Gasteiger charge is -2.08. The standard InChI is InChI=1S/C17H14FN3O2S/c1-11-16(21-24-20-11)10-23-13-6-4-5-12(9-13)17(22)19-15-8-3-2-7-14(15)18/h2-9H,10H2,1H3,(H,19,22). The van der Waals surface area contributed by atoms with E-state index in [-0.39, 0.29) is 12.3 Å². The fraction of sp³-hybridized carbons (Fsp3) is 0.118. The number of aryl methyl sites for hydroxylation is 1. The monoisotopic (exact) mass is 343 g/mol. The topological polar surface area (TPSA) is 64.1 Å². The SMILES string of the molecule is Cc1nsnc1COc1cccc(C(=O)Nc2ccccc2F)c1. The van der Waals surface area contributed by atoms with Gasteiger partial charge in [-0.2, -0.15) is 8.75 Å². The molecule has 0 aliphatic heterocycles. The Labute approximate surface area is 142 Å². The molecule has 5 nitrogen and oxygen atoms in total. The van der Waals surface area contributed by atoms with E-state index < -0.39 is 11.7 Å². The summed E-state index contributed by atoms with van der Waals surface area (Å²) in [5, 5.41) is 2.54. The van der Waals surface area contributed by atoms with Crippen molar-refractivity contribution in [3.05, 3.63) is 71.3 Å². The van der Waals surface area contributed by atoms with Crippen LogP contribution in [0.4, 0.5) is 10.1 Å². The van der Waals surface area contributed by atoms with Crippen molar-refractivity contribution >= 4 is 23.3 Å². The second-order valence-corrected chi connectivity index (χ2v) is 5.58. The Morgan fingerprint density at radius 1 is 1.21 bits per heavy atom. The van der Waals surface area contributed by atoms with Crippen molar-refractivity contribution in [3.63, 3.8) is 0 Å². The minimum Gasteiger partial charge on any atom is -0.487 e. The Bertz CT molecular complexity index is 866. The van der Waals surface area contributed by atoms with Gasteiger partial charge in [-0.25, -0.2) is 4.39 Å². The molecule has 122 valence electrons. The van der Waals surface area contributed by atoms with Crippen LogP contribution in [0.3, 0.4) is 0 Å². The molecule has 0 radical (unpaired) electrons. The molecule has 0 unspecified atom stereocenters. The van der Waals surface area contributed by atoms with Crippen molar-refractivity contribution < 1.29 is 13.9 Å². The van der Waals surface area contributed by atoms with Gasteiger partial charge >= 0.3 is 0 Å². The number of aromatic nitrogens is 2. The van der Waals surface area contributed by atoms with Crippen LogP contribution < -0.4 is 10.1 Å². The van der Waals surface area contributed by atoms with Gasteiger partial charge in [-0.15, -0.1) is 0 Å². The average molecular weight is 343 g/mol. The highest BCUT2D eigenvalue weighted by Gasteiger charge is 2.10. The number of para-hydroxylation sites is 1. The van der Waals surface area contributed by atoms with Crippen molar-refractivity contribution in [3.8, 4) is 5.75 Å². The van der Waals surface area contributed by atoms with Crippen molar-refractivity contribution in [1.82, 2.24) is 8.75 Å². The Hall–Kier alpha value is -2.80. The summed E-state index contributed by atoms with van der Waals surface area (Å²) in [6, 6.07) is 12.7. The Kier molecular flexibility index (Phi) is 4.81. The van der Waals surface area contributed by atoms with Crippen molar-refractivity contribution in [1.29, 1.82) is 0 Å². The molecular formula is C17H14FN3O2S. The van der Waals surface area contributed by atoms with E-state index >= 15 is 0 Å². The van der Waals surface area contributed by atoms with Crippen LogP contribution in [0.1, 0.15) is 21.7 Å². The molecule has 0 aliphatic rings. The lowest BCUT2D eigenvalue weighted by molar-refractivity contribution is 0.102. The number of amides is 1. The van der Waals surface area contributed by atoms with E-state index in [9.17, 15) is 9.18 Å². The third kappa shape index (κ3) is 3.75. The van der Waals surface area contributed by atoms with Gasteiger partial charge in [0.05, 0.1) is 23.1 Å². The minimum absolute atomic E-state index is 0.137. The second-order valence-electron chi connectivity index (χ2n) is 5.05. The van der Waals surface area contributed by atoms with Gasteiger partial charge in [-0.05, 0) is 37.3 Å². The van der Waals surface area contributed by atoms with Gasteiger partial charge in [0.15, 0.2) is 0 Å². The zero-order chi connectivity index (χ0) is 16.9. The van der Waals surface area contributed by atoms with Crippen molar-refractivity contribution in [2.24, 2.45) is 0 Å². The molecule has 0 atom stereocenters. The van der Waals surface area contributed by atoms with E-state index in [1.807, 2.05) is 6.92 Å². The summed E-state index contributed by atoms with van der Waals surface area (Å²) in [6.07, 6.45) is 0. The molecule has 0 spiro atoms. The summed E-state index contributed by atoms with van der Waals surface area (Å²) in [5.41, 5.74) is 2.11. The zero-order valence-corrected chi connectivity index (χ0v) is 13.6. The fourth-order valence-corrected chi connectivity index (χ4v) is 2.57. The number of hydrogen-bond acceptors (Lipinski definition) is 5. The van der Waals surface area contributed by atoms with E-state index in [0.29, 0.717) is 11.3 Å². The number of halogens is 1. The van der Waals surface area contributed by atoms with E-state index in [4.69, 9.17) is 4.74 Å². The Balaban J connectivity index is 1.69. The number of hydrogen-bond donors (Lipinski definition) is 1. The first-order valence-corrected chi connectivity index (χ1v) is 7.93. The Morgan fingerprint density at radius 3 is 2.79 bits per heavy atom. The number of carbonyl (C=O) groups is 1. The van der Waals surface area contributed by atoms with E-state index in [0.717, 1.165) is 23.1 Å². The summed E-state index contributed by atoms with van der Waals surface area (Å²) < 4.78 is 27.5. The number of nitrogens with one attached hydrogen (secondary N) is 1. The Morgan fingerprint density at radius 2 is 2.04 bits per heavy atom. The minimum atomic E-state index is -0.482. The van der Waals surface area contributed by atoms with Crippen LogP contribution in [0, 0.1) is 12.7 Å². The zero-order valence-electron chi connectivity index (χ0n) is 12.8. The first kappa shape index (κ1) is 16.1. The molecule has 0 aliphatic carbocycles. The van der Waals surface area contributed by atoms with Gasteiger partial charge in [-0.3, -0.25) is 4.79 Å². The number of nitrogens with zero attached hydrogens (tertiary/aromatic N) is 2. The number of anilines is 1. The molecule has 2 aromatic carbocycles. The molecule has 0 fully saturated rings. The molecule has 7 heteroatoms. The van der Waals surface area contributed by atoms with Crippen LogP contribution in [0.25, 0.3) is 0 Å². The molecule has 1 amide bonds. The number of ether oxygens (including phenoxy) is 1. The second kappa shape index (κ2) is 7.18. The maximum Gasteiger partial charge on any atom is 0.255 e. The van der Waals surface area contributed by atoms with Crippen LogP contribution in [0.2, 0.25) is 0 Å². The predicted molar refractivity (Wildman–Crippen MR) is 89.8 cm³/mol. The van der Waals surface area contributed by atoms with Gasteiger partial charge < -0.3 is 10.1 Å². The van der Waals surface area contributed by atoms with Crippen LogP contribution >= 0.6 is 11.7 Å². The van der Waals surface area contributed by atoms with E-state index in [2.05, 4.69) is 14.1 Å². The number of carbonyl (C=O) groups excluding carboxylic acids is 1. The lowest BCUT2D eigenvalue weighted by Crippen LogP contribution is -2.13. The molecule has 1 heterocycles. The van der Waals surface area contributed by atoms with Crippen molar-refractivity contribution in [2.45, 2.75) is 13.5 Å². The van der Waals surface area contributed by atoms with Crippen LogP contribution in [0.15, 0.2) is 48.5 Å². The molecule has 1 N–H and O–H groups in total. The molecule has 0 bridgehead atoms. The fourth-order valence-electron chi connectivity index (χ4n) is 2.02. The maximum atomic E-state index is 13.6. The summed E-state index contributed by atoms with van der Waals surface area (Å²) in [4.78, 5) is 12.3. The summed E-state index contributed by atoms with van der Waals surface area (Å²) in [7, 11) is 0. The number of rotatable bonds is 5. The molecular weight excluding hydrogens is 329 g/mol. The third-order valence-corrected chi connectivity index (χ3v) is 4.00.